The lowest BCUT2D eigenvalue weighted by Gasteiger charge is -2.24. The van der Waals surface area contributed by atoms with E-state index in [2.05, 4.69) is 6.92 Å². The standard InChI is InChI=1S/C15H22N2O2/c1-3-14-12(8-9-19-14)15(18)17(2)10-11-6-4-5-7-13(11)16/h4-7,12,14H,3,8-10,16H2,1-2H3. The van der Waals surface area contributed by atoms with Crippen molar-refractivity contribution >= 4 is 11.6 Å². The largest absolute Gasteiger partial charge is 0.398 e. The molecule has 0 saturated carbocycles. The van der Waals surface area contributed by atoms with Gasteiger partial charge in [-0.3, -0.25) is 4.79 Å². The second kappa shape index (κ2) is 6.06. The zero-order chi connectivity index (χ0) is 13.8. The third-order valence-electron chi connectivity index (χ3n) is 3.77. The van der Waals surface area contributed by atoms with Crippen molar-refractivity contribution in [1.29, 1.82) is 0 Å². The molecule has 2 unspecified atom stereocenters. The fourth-order valence-electron chi connectivity index (χ4n) is 2.63. The first-order chi connectivity index (χ1) is 9.13. The Kier molecular flexibility index (Phi) is 4.43. The zero-order valence-corrected chi connectivity index (χ0v) is 11.6. The highest BCUT2D eigenvalue weighted by Gasteiger charge is 2.34. The molecule has 0 aromatic heterocycles. The number of rotatable bonds is 4. The average molecular weight is 262 g/mol. The second-order valence-corrected chi connectivity index (χ2v) is 5.11. The Morgan fingerprint density at radius 1 is 1.47 bits per heavy atom. The van der Waals surface area contributed by atoms with Gasteiger partial charge in [-0.1, -0.05) is 25.1 Å². The minimum Gasteiger partial charge on any atom is -0.398 e. The maximum absolute atomic E-state index is 12.4. The lowest BCUT2D eigenvalue weighted by molar-refractivity contribution is -0.136. The number of nitrogens with zero attached hydrogens (tertiary/aromatic N) is 1. The van der Waals surface area contributed by atoms with Gasteiger partial charge in [0.25, 0.3) is 0 Å². The van der Waals surface area contributed by atoms with Gasteiger partial charge < -0.3 is 15.4 Å². The van der Waals surface area contributed by atoms with Gasteiger partial charge in [0.15, 0.2) is 0 Å². The van der Waals surface area contributed by atoms with Crippen LogP contribution in [0.2, 0.25) is 0 Å². The molecular weight excluding hydrogens is 240 g/mol. The highest BCUT2D eigenvalue weighted by molar-refractivity contribution is 5.79. The molecular formula is C15H22N2O2. The first-order valence-corrected chi connectivity index (χ1v) is 6.83. The predicted molar refractivity (Wildman–Crippen MR) is 75.5 cm³/mol. The van der Waals surface area contributed by atoms with Crippen molar-refractivity contribution in [2.45, 2.75) is 32.4 Å². The first kappa shape index (κ1) is 13.9. The van der Waals surface area contributed by atoms with E-state index in [-0.39, 0.29) is 17.9 Å². The number of anilines is 1. The van der Waals surface area contributed by atoms with E-state index < -0.39 is 0 Å². The number of carbonyl (C=O) groups excluding carboxylic acids is 1. The Balaban J connectivity index is 2.02. The molecule has 4 heteroatoms. The van der Waals surface area contributed by atoms with E-state index >= 15 is 0 Å². The molecule has 0 spiro atoms. The van der Waals surface area contributed by atoms with Gasteiger partial charge in [0.1, 0.15) is 0 Å². The summed E-state index contributed by atoms with van der Waals surface area (Å²) < 4.78 is 5.59. The van der Waals surface area contributed by atoms with Crippen molar-refractivity contribution in [3.05, 3.63) is 29.8 Å². The normalized spacial score (nSPS) is 22.4. The summed E-state index contributed by atoms with van der Waals surface area (Å²) in [6, 6.07) is 7.67. The molecule has 2 rings (SSSR count). The van der Waals surface area contributed by atoms with Crippen molar-refractivity contribution in [2.75, 3.05) is 19.4 Å². The Labute approximate surface area is 114 Å². The van der Waals surface area contributed by atoms with E-state index in [1.165, 1.54) is 0 Å². The fourth-order valence-corrected chi connectivity index (χ4v) is 2.63. The lowest BCUT2D eigenvalue weighted by Crippen LogP contribution is -2.36. The van der Waals surface area contributed by atoms with Crippen molar-refractivity contribution in [3.8, 4) is 0 Å². The molecule has 2 atom stereocenters. The minimum absolute atomic E-state index is 0.0000586. The molecule has 0 bridgehead atoms. The van der Waals surface area contributed by atoms with Crippen LogP contribution in [-0.2, 0) is 16.1 Å². The van der Waals surface area contributed by atoms with E-state index in [1.807, 2.05) is 31.3 Å². The van der Waals surface area contributed by atoms with Gasteiger partial charge in [0, 0.05) is 25.9 Å². The molecule has 1 aromatic carbocycles. The van der Waals surface area contributed by atoms with Gasteiger partial charge in [-0.2, -0.15) is 0 Å². The molecule has 19 heavy (non-hydrogen) atoms. The second-order valence-electron chi connectivity index (χ2n) is 5.11. The van der Waals surface area contributed by atoms with E-state index in [0.717, 1.165) is 24.1 Å². The first-order valence-electron chi connectivity index (χ1n) is 6.83. The third-order valence-corrected chi connectivity index (χ3v) is 3.77. The number of hydrogen-bond donors (Lipinski definition) is 1. The van der Waals surface area contributed by atoms with Crippen LogP contribution in [-0.4, -0.2) is 30.6 Å². The summed E-state index contributed by atoms with van der Waals surface area (Å²) in [5.74, 6) is 0.160. The molecule has 1 aliphatic rings. The van der Waals surface area contributed by atoms with Crippen LogP contribution in [0.3, 0.4) is 0 Å². The maximum Gasteiger partial charge on any atom is 0.228 e. The van der Waals surface area contributed by atoms with E-state index in [0.29, 0.717) is 13.2 Å². The summed E-state index contributed by atoms with van der Waals surface area (Å²) in [7, 11) is 1.83. The molecule has 1 heterocycles. The number of benzene rings is 1. The van der Waals surface area contributed by atoms with Crippen LogP contribution < -0.4 is 5.73 Å². The van der Waals surface area contributed by atoms with Crippen LogP contribution in [0.15, 0.2) is 24.3 Å². The highest BCUT2D eigenvalue weighted by Crippen LogP contribution is 2.26. The number of ether oxygens (including phenoxy) is 1. The monoisotopic (exact) mass is 262 g/mol. The van der Waals surface area contributed by atoms with Crippen molar-refractivity contribution in [1.82, 2.24) is 4.90 Å². The van der Waals surface area contributed by atoms with Crippen molar-refractivity contribution in [2.24, 2.45) is 5.92 Å². The summed E-state index contributed by atoms with van der Waals surface area (Å²) in [4.78, 5) is 14.2. The number of amides is 1. The van der Waals surface area contributed by atoms with Gasteiger partial charge in [-0.15, -0.1) is 0 Å². The highest BCUT2D eigenvalue weighted by atomic mass is 16.5. The van der Waals surface area contributed by atoms with Gasteiger partial charge in [-0.05, 0) is 24.5 Å². The average Bonchev–Trinajstić information content (AvgIpc) is 2.88. The summed E-state index contributed by atoms with van der Waals surface area (Å²) in [5.41, 5.74) is 7.64. The summed E-state index contributed by atoms with van der Waals surface area (Å²) in [6.07, 6.45) is 1.78. The number of nitrogens with two attached hydrogens (primary N) is 1. The fraction of sp³-hybridized carbons (Fsp3) is 0.533. The number of para-hydroxylation sites is 1. The molecule has 0 radical (unpaired) electrons. The van der Waals surface area contributed by atoms with Crippen LogP contribution in [0, 0.1) is 5.92 Å². The Hall–Kier alpha value is -1.55. The van der Waals surface area contributed by atoms with Crippen LogP contribution >= 0.6 is 0 Å². The van der Waals surface area contributed by atoms with E-state index in [1.54, 1.807) is 4.90 Å². The summed E-state index contributed by atoms with van der Waals surface area (Å²) in [5, 5.41) is 0. The van der Waals surface area contributed by atoms with Gasteiger partial charge in [-0.25, -0.2) is 0 Å². The van der Waals surface area contributed by atoms with E-state index in [9.17, 15) is 4.79 Å². The summed E-state index contributed by atoms with van der Waals surface area (Å²) in [6.45, 7) is 3.31. The van der Waals surface area contributed by atoms with Gasteiger partial charge in [0.05, 0.1) is 12.0 Å². The maximum atomic E-state index is 12.4. The van der Waals surface area contributed by atoms with Crippen molar-refractivity contribution in [3.63, 3.8) is 0 Å². The Bertz CT molecular complexity index is 448. The topological polar surface area (TPSA) is 55.6 Å². The van der Waals surface area contributed by atoms with Crippen LogP contribution in [0.1, 0.15) is 25.3 Å². The molecule has 1 amide bonds. The molecule has 1 aromatic rings. The van der Waals surface area contributed by atoms with Gasteiger partial charge in [0.2, 0.25) is 5.91 Å². The van der Waals surface area contributed by atoms with E-state index in [4.69, 9.17) is 10.5 Å². The quantitative estimate of drug-likeness (QED) is 0.845. The molecule has 1 saturated heterocycles. The predicted octanol–water partition coefficient (Wildman–Crippen LogP) is 2.04. The molecule has 1 fully saturated rings. The zero-order valence-electron chi connectivity index (χ0n) is 11.6. The van der Waals surface area contributed by atoms with Crippen LogP contribution in [0.5, 0.6) is 0 Å². The Morgan fingerprint density at radius 3 is 2.89 bits per heavy atom. The third kappa shape index (κ3) is 3.07. The van der Waals surface area contributed by atoms with Crippen LogP contribution in [0.4, 0.5) is 5.69 Å². The molecule has 0 aliphatic carbocycles. The minimum atomic E-state index is -0.0000586. The molecule has 4 nitrogen and oxygen atoms in total. The Morgan fingerprint density at radius 2 is 2.21 bits per heavy atom. The number of hydrogen-bond acceptors (Lipinski definition) is 3. The summed E-state index contributed by atoms with van der Waals surface area (Å²) >= 11 is 0. The number of carbonyl (C=O) groups is 1. The SMILES string of the molecule is CCC1OCCC1C(=O)N(C)Cc1ccccc1N. The molecule has 1 aliphatic heterocycles. The molecule has 2 N–H and O–H groups in total. The number of nitrogen functional groups attached to an aromatic ring is 1. The smallest absolute Gasteiger partial charge is 0.228 e. The molecule has 104 valence electrons. The van der Waals surface area contributed by atoms with Gasteiger partial charge >= 0.3 is 0 Å². The lowest BCUT2D eigenvalue weighted by atomic mass is 9.98. The van der Waals surface area contributed by atoms with Crippen molar-refractivity contribution < 1.29 is 9.53 Å². The van der Waals surface area contributed by atoms with Crippen LogP contribution in [0.25, 0.3) is 0 Å².